The van der Waals surface area contributed by atoms with Crippen molar-refractivity contribution in [3.63, 3.8) is 0 Å². The van der Waals surface area contributed by atoms with Crippen LogP contribution in [0.15, 0.2) is 24.5 Å². The average molecular weight is 420 g/mol. The minimum atomic E-state index is -0.0743. The van der Waals surface area contributed by atoms with E-state index in [1.807, 2.05) is 13.0 Å². The third-order valence-electron chi connectivity index (χ3n) is 6.23. The van der Waals surface area contributed by atoms with Crippen molar-refractivity contribution in [2.45, 2.75) is 45.6 Å². The maximum atomic E-state index is 13.1. The topological polar surface area (TPSA) is 91.9 Å². The maximum absolute atomic E-state index is 13.1. The third-order valence-corrected chi connectivity index (χ3v) is 6.23. The van der Waals surface area contributed by atoms with Crippen molar-refractivity contribution in [2.75, 3.05) is 19.7 Å². The standard InChI is InChI=1S/C24H29N5O2/c1-14-3-6-19(31-12-16-4-5-16)18(11-14)21-23-22(27-13-26-21)20(15(2)28-23)24(30)29-17-7-9-25-10-8-17/h3,6,11,13,16-17,25,28H,4-5,7-10,12H2,1-2H3,(H,29,30). The van der Waals surface area contributed by atoms with E-state index in [0.717, 1.165) is 66.3 Å². The number of carbonyl (C=O) groups is 1. The van der Waals surface area contributed by atoms with Gasteiger partial charge in [-0.3, -0.25) is 4.79 Å². The number of ether oxygens (including phenoxy) is 1. The molecule has 0 radical (unpaired) electrons. The number of amides is 1. The molecule has 0 unspecified atom stereocenters. The van der Waals surface area contributed by atoms with Crippen molar-refractivity contribution >= 4 is 16.9 Å². The van der Waals surface area contributed by atoms with Gasteiger partial charge in [0.15, 0.2) is 0 Å². The number of aromatic nitrogens is 3. The van der Waals surface area contributed by atoms with Crippen molar-refractivity contribution in [1.82, 2.24) is 25.6 Å². The van der Waals surface area contributed by atoms with E-state index in [0.29, 0.717) is 17.0 Å². The molecule has 2 fully saturated rings. The molecule has 5 rings (SSSR count). The summed E-state index contributed by atoms with van der Waals surface area (Å²) < 4.78 is 6.14. The molecule has 31 heavy (non-hydrogen) atoms. The van der Waals surface area contributed by atoms with E-state index in [9.17, 15) is 4.79 Å². The highest BCUT2D eigenvalue weighted by molar-refractivity contribution is 6.09. The largest absolute Gasteiger partial charge is 0.493 e. The summed E-state index contributed by atoms with van der Waals surface area (Å²) in [6, 6.07) is 6.36. The van der Waals surface area contributed by atoms with Crippen LogP contribution in [0.1, 0.15) is 47.3 Å². The van der Waals surface area contributed by atoms with Crippen LogP contribution in [0.3, 0.4) is 0 Å². The van der Waals surface area contributed by atoms with Crippen LogP contribution in [0.5, 0.6) is 5.75 Å². The number of carbonyl (C=O) groups excluding carboxylic acids is 1. The highest BCUT2D eigenvalue weighted by Gasteiger charge is 2.25. The molecule has 2 aromatic heterocycles. The second kappa shape index (κ2) is 8.30. The van der Waals surface area contributed by atoms with Gasteiger partial charge in [-0.25, -0.2) is 9.97 Å². The SMILES string of the molecule is Cc1ccc(OCC2CC2)c(-c2ncnc3c(C(=O)NC4CCNCC4)c(C)[nH]c23)c1. The maximum Gasteiger partial charge on any atom is 0.255 e. The summed E-state index contributed by atoms with van der Waals surface area (Å²) in [6.45, 7) is 6.58. The summed E-state index contributed by atoms with van der Waals surface area (Å²) in [7, 11) is 0. The van der Waals surface area contributed by atoms with E-state index < -0.39 is 0 Å². The first-order chi connectivity index (χ1) is 15.1. The summed E-state index contributed by atoms with van der Waals surface area (Å²) in [4.78, 5) is 25.6. The lowest BCUT2D eigenvalue weighted by molar-refractivity contribution is 0.0930. The van der Waals surface area contributed by atoms with Crippen LogP contribution in [0.4, 0.5) is 0 Å². The van der Waals surface area contributed by atoms with E-state index in [-0.39, 0.29) is 11.9 Å². The Morgan fingerprint density at radius 3 is 2.74 bits per heavy atom. The number of piperidine rings is 1. The summed E-state index contributed by atoms with van der Waals surface area (Å²) >= 11 is 0. The van der Waals surface area contributed by atoms with Gasteiger partial charge in [-0.2, -0.15) is 0 Å². The van der Waals surface area contributed by atoms with Gasteiger partial charge in [-0.1, -0.05) is 11.6 Å². The second-order valence-electron chi connectivity index (χ2n) is 8.82. The first kappa shape index (κ1) is 20.0. The van der Waals surface area contributed by atoms with E-state index in [2.05, 4.69) is 44.6 Å². The predicted molar refractivity (Wildman–Crippen MR) is 120 cm³/mol. The minimum absolute atomic E-state index is 0.0743. The summed E-state index contributed by atoms with van der Waals surface area (Å²) in [5, 5.41) is 6.52. The number of benzene rings is 1. The number of aromatic amines is 1. The third kappa shape index (κ3) is 4.14. The normalized spacial score (nSPS) is 17.1. The van der Waals surface area contributed by atoms with Gasteiger partial charge in [0.1, 0.15) is 23.3 Å². The molecule has 3 N–H and O–H groups in total. The molecule has 3 aromatic rings. The first-order valence-corrected chi connectivity index (χ1v) is 11.2. The van der Waals surface area contributed by atoms with Crippen LogP contribution in [-0.4, -0.2) is 46.6 Å². The molecule has 0 bridgehead atoms. The molecule has 1 amide bonds. The molecule has 1 aliphatic carbocycles. The number of nitrogens with one attached hydrogen (secondary N) is 3. The highest BCUT2D eigenvalue weighted by Crippen LogP contribution is 2.36. The number of aryl methyl sites for hydroxylation is 2. The van der Waals surface area contributed by atoms with E-state index in [1.165, 1.54) is 12.8 Å². The number of rotatable bonds is 6. The number of H-pyrrole nitrogens is 1. The minimum Gasteiger partial charge on any atom is -0.493 e. The molecule has 1 saturated carbocycles. The van der Waals surface area contributed by atoms with Crippen molar-refractivity contribution in [3.8, 4) is 17.0 Å². The Bertz CT molecular complexity index is 1110. The van der Waals surface area contributed by atoms with Crippen LogP contribution in [0, 0.1) is 19.8 Å². The Hall–Kier alpha value is -2.93. The Labute approximate surface area is 182 Å². The average Bonchev–Trinajstić information content (AvgIpc) is 3.53. The predicted octanol–water partition coefficient (Wildman–Crippen LogP) is 3.51. The summed E-state index contributed by atoms with van der Waals surface area (Å²) in [5.41, 5.74) is 5.67. The van der Waals surface area contributed by atoms with E-state index in [1.54, 1.807) is 6.33 Å². The molecule has 7 nitrogen and oxygen atoms in total. The lowest BCUT2D eigenvalue weighted by atomic mass is 10.0. The van der Waals surface area contributed by atoms with E-state index in [4.69, 9.17) is 4.74 Å². The van der Waals surface area contributed by atoms with Gasteiger partial charge in [0, 0.05) is 17.3 Å². The molecule has 1 saturated heterocycles. The van der Waals surface area contributed by atoms with Crippen LogP contribution in [-0.2, 0) is 0 Å². The Morgan fingerprint density at radius 1 is 1.16 bits per heavy atom. The lowest BCUT2D eigenvalue weighted by Gasteiger charge is -2.23. The summed E-state index contributed by atoms with van der Waals surface area (Å²) in [5.74, 6) is 1.41. The van der Waals surface area contributed by atoms with Gasteiger partial charge in [0.2, 0.25) is 0 Å². The lowest BCUT2D eigenvalue weighted by Crippen LogP contribution is -2.42. The van der Waals surface area contributed by atoms with Gasteiger partial charge in [0.05, 0.1) is 17.7 Å². The number of hydrogen-bond acceptors (Lipinski definition) is 5. The molecule has 2 aliphatic rings. The molecule has 1 aliphatic heterocycles. The molecule has 0 spiro atoms. The fraction of sp³-hybridized carbons (Fsp3) is 0.458. The number of nitrogens with zero attached hydrogens (tertiary/aromatic N) is 2. The van der Waals surface area contributed by atoms with Crippen molar-refractivity contribution < 1.29 is 9.53 Å². The molecular formula is C24H29N5O2. The van der Waals surface area contributed by atoms with Gasteiger partial charge in [0.25, 0.3) is 5.91 Å². The molecule has 1 aromatic carbocycles. The van der Waals surface area contributed by atoms with Crippen molar-refractivity contribution in [2.24, 2.45) is 5.92 Å². The Kier molecular flexibility index (Phi) is 5.36. The van der Waals surface area contributed by atoms with Crippen LogP contribution >= 0.6 is 0 Å². The van der Waals surface area contributed by atoms with Gasteiger partial charge < -0.3 is 20.4 Å². The molecule has 162 valence electrons. The first-order valence-electron chi connectivity index (χ1n) is 11.2. The van der Waals surface area contributed by atoms with Crippen molar-refractivity contribution in [1.29, 1.82) is 0 Å². The van der Waals surface area contributed by atoms with Gasteiger partial charge >= 0.3 is 0 Å². The Balaban J connectivity index is 1.52. The van der Waals surface area contributed by atoms with Gasteiger partial charge in [-0.05, 0) is 70.7 Å². The molecule has 3 heterocycles. The van der Waals surface area contributed by atoms with Crippen molar-refractivity contribution in [3.05, 3.63) is 41.3 Å². The smallest absolute Gasteiger partial charge is 0.255 e. The quantitative estimate of drug-likeness (QED) is 0.569. The van der Waals surface area contributed by atoms with Crippen LogP contribution in [0.2, 0.25) is 0 Å². The zero-order chi connectivity index (χ0) is 21.4. The highest BCUT2D eigenvalue weighted by atomic mass is 16.5. The zero-order valence-corrected chi connectivity index (χ0v) is 18.1. The van der Waals surface area contributed by atoms with Gasteiger partial charge in [-0.15, -0.1) is 0 Å². The molecular weight excluding hydrogens is 390 g/mol. The van der Waals surface area contributed by atoms with Crippen LogP contribution < -0.4 is 15.4 Å². The fourth-order valence-corrected chi connectivity index (χ4v) is 4.27. The number of fused-ring (bicyclic) bond motifs is 1. The molecule has 0 atom stereocenters. The zero-order valence-electron chi connectivity index (χ0n) is 18.1. The summed E-state index contributed by atoms with van der Waals surface area (Å²) in [6.07, 6.45) is 5.91. The van der Waals surface area contributed by atoms with Crippen LogP contribution in [0.25, 0.3) is 22.3 Å². The van der Waals surface area contributed by atoms with E-state index >= 15 is 0 Å². The molecule has 7 heteroatoms. The monoisotopic (exact) mass is 419 g/mol. The second-order valence-corrected chi connectivity index (χ2v) is 8.82. The number of hydrogen-bond donors (Lipinski definition) is 3. The Morgan fingerprint density at radius 2 is 1.97 bits per heavy atom. The fourth-order valence-electron chi connectivity index (χ4n) is 4.27.